The Labute approximate surface area is 103 Å². The summed E-state index contributed by atoms with van der Waals surface area (Å²) in [5, 5.41) is 13.3. The third kappa shape index (κ3) is 3.45. The van der Waals surface area contributed by atoms with Gasteiger partial charge >= 0.3 is 0 Å². The number of benzene rings is 1. The summed E-state index contributed by atoms with van der Waals surface area (Å²) in [6, 6.07) is 6.41. The van der Waals surface area contributed by atoms with Crippen LogP contribution in [-0.4, -0.2) is 36.2 Å². The third-order valence-corrected chi connectivity index (χ3v) is 3.37. The van der Waals surface area contributed by atoms with Gasteiger partial charge in [-0.3, -0.25) is 0 Å². The number of hydrogen-bond donors (Lipinski definition) is 2. The van der Waals surface area contributed by atoms with E-state index in [9.17, 15) is 5.11 Å². The van der Waals surface area contributed by atoms with Crippen molar-refractivity contribution in [3.05, 3.63) is 29.3 Å². The Morgan fingerprint density at radius 3 is 3.00 bits per heavy atom. The van der Waals surface area contributed by atoms with E-state index >= 15 is 0 Å². The van der Waals surface area contributed by atoms with Crippen LogP contribution in [-0.2, 0) is 6.54 Å². The third-order valence-electron chi connectivity index (χ3n) is 3.37. The van der Waals surface area contributed by atoms with Crippen LogP contribution in [0.4, 0.5) is 0 Å². The summed E-state index contributed by atoms with van der Waals surface area (Å²) in [4.78, 5) is 2.28. The fraction of sp³-hybridized carbons (Fsp3) is 0.571. The molecule has 2 rings (SSSR count). The van der Waals surface area contributed by atoms with E-state index in [2.05, 4.69) is 30.3 Å². The Morgan fingerprint density at radius 1 is 1.47 bits per heavy atom. The first kappa shape index (κ1) is 12.4. The zero-order valence-corrected chi connectivity index (χ0v) is 10.7. The highest BCUT2D eigenvalue weighted by molar-refractivity contribution is 5.35. The maximum absolute atomic E-state index is 9.80. The molecule has 1 aliphatic rings. The van der Waals surface area contributed by atoms with Crippen molar-refractivity contribution < 1.29 is 5.11 Å². The summed E-state index contributed by atoms with van der Waals surface area (Å²) >= 11 is 0. The molecule has 3 heteroatoms. The molecule has 1 aliphatic heterocycles. The van der Waals surface area contributed by atoms with Crippen LogP contribution >= 0.6 is 0 Å². The van der Waals surface area contributed by atoms with Gasteiger partial charge in [0.1, 0.15) is 5.75 Å². The molecule has 1 aromatic rings. The maximum Gasteiger partial charge on any atom is 0.120 e. The predicted octanol–water partition coefficient (Wildman–Crippen LogP) is 1.88. The van der Waals surface area contributed by atoms with Gasteiger partial charge in [-0.25, -0.2) is 0 Å². The predicted molar refractivity (Wildman–Crippen MR) is 70.2 cm³/mol. The van der Waals surface area contributed by atoms with E-state index in [0.717, 1.165) is 25.2 Å². The minimum atomic E-state index is 0.404. The van der Waals surface area contributed by atoms with Gasteiger partial charge in [-0.15, -0.1) is 0 Å². The van der Waals surface area contributed by atoms with Gasteiger partial charge < -0.3 is 15.3 Å². The Kier molecular flexibility index (Phi) is 4.02. The molecule has 0 amide bonds. The summed E-state index contributed by atoms with van der Waals surface area (Å²) in [5.41, 5.74) is 2.22. The van der Waals surface area contributed by atoms with E-state index in [-0.39, 0.29) is 0 Å². The van der Waals surface area contributed by atoms with Crippen LogP contribution in [0.3, 0.4) is 0 Å². The zero-order valence-electron chi connectivity index (χ0n) is 10.7. The summed E-state index contributed by atoms with van der Waals surface area (Å²) in [7, 11) is 2.11. The van der Waals surface area contributed by atoms with Crippen molar-refractivity contribution in [1.82, 2.24) is 10.2 Å². The number of hydrogen-bond acceptors (Lipinski definition) is 3. The van der Waals surface area contributed by atoms with Crippen LogP contribution in [0.1, 0.15) is 24.0 Å². The molecule has 0 spiro atoms. The molecule has 1 saturated heterocycles. The lowest BCUT2D eigenvalue weighted by molar-refractivity contribution is 0.289. The van der Waals surface area contributed by atoms with Crippen molar-refractivity contribution in [3.63, 3.8) is 0 Å². The number of aromatic hydroxyl groups is 1. The molecule has 0 aliphatic carbocycles. The van der Waals surface area contributed by atoms with Crippen LogP contribution in [0.5, 0.6) is 5.75 Å². The number of nitrogens with one attached hydrogen (secondary N) is 1. The lowest BCUT2D eigenvalue weighted by Gasteiger charge is -2.21. The van der Waals surface area contributed by atoms with Crippen molar-refractivity contribution >= 4 is 0 Å². The molecule has 0 saturated carbocycles. The lowest BCUT2D eigenvalue weighted by atomic mass is 10.1. The molecule has 0 aromatic heterocycles. The van der Waals surface area contributed by atoms with Gasteiger partial charge in [0.05, 0.1) is 0 Å². The average Bonchev–Trinajstić information content (AvgIpc) is 2.76. The number of phenolic OH excluding ortho intramolecular Hbond substituents is 1. The summed E-state index contributed by atoms with van der Waals surface area (Å²) < 4.78 is 0. The van der Waals surface area contributed by atoms with Crippen LogP contribution in [0.2, 0.25) is 0 Å². The van der Waals surface area contributed by atoms with Gasteiger partial charge in [-0.2, -0.15) is 0 Å². The Hall–Kier alpha value is -1.06. The molecule has 1 aromatic carbocycles. The standard InChI is InChI=1S/C14H22N2O/c1-11-5-6-14(17)12(8-11)9-16(2)10-13-4-3-7-15-13/h5-6,8,13,15,17H,3-4,7,9-10H2,1-2H3. The molecule has 0 bridgehead atoms. The summed E-state index contributed by atoms with van der Waals surface area (Å²) in [6.45, 7) is 5.06. The first-order chi connectivity index (χ1) is 8.15. The van der Waals surface area contributed by atoms with Gasteiger partial charge in [-0.1, -0.05) is 17.7 Å². The second-order valence-electron chi connectivity index (χ2n) is 5.12. The molecule has 1 atom stereocenters. The van der Waals surface area contributed by atoms with Crippen molar-refractivity contribution in [2.24, 2.45) is 0 Å². The number of aryl methyl sites for hydroxylation is 1. The van der Waals surface area contributed by atoms with Crippen LogP contribution < -0.4 is 5.32 Å². The lowest BCUT2D eigenvalue weighted by Crippen LogP contribution is -2.34. The van der Waals surface area contributed by atoms with E-state index in [4.69, 9.17) is 0 Å². The quantitative estimate of drug-likeness (QED) is 0.835. The van der Waals surface area contributed by atoms with Gasteiger partial charge in [0, 0.05) is 24.7 Å². The van der Waals surface area contributed by atoms with Crippen LogP contribution in [0.25, 0.3) is 0 Å². The molecule has 94 valence electrons. The van der Waals surface area contributed by atoms with Gasteiger partial charge in [0.2, 0.25) is 0 Å². The summed E-state index contributed by atoms with van der Waals surface area (Å²) in [5.74, 6) is 0.404. The number of nitrogens with zero attached hydrogens (tertiary/aromatic N) is 1. The van der Waals surface area contributed by atoms with Crippen molar-refractivity contribution in [2.75, 3.05) is 20.1 Å². The largest absolute Gasteiger partial charge is 0.508 e. The van der Waals surface area contributed by atoms with Crippen molar-refractivity contribution in [2.45, 2.75) is 32.4 Å². The first-order valence-corrected chi connectivity index (χ1v) is 6.35. The highest BCUT2D eigenvalue weighted by Gasteiger charge is 2.16. The molecular weight excluding hydrogens is 212 g/mol. The first-order valence-electron chi connectivity index (χ1n) is 6.35. The average molecular weight is 234 g/mol. The topological polar surface area (TPSA) is 35.5 Å². The molecule has 3 nitrogen and oxygen atoms in total. The minimum Gasteiger partial charge on any atom is -0.508 e. The number of phenols is 1. The van der Waals surface area contributed by atoms with Crippen LogP contribution in [0, 0.1) is 6.92 Å². The zero-order chi connectivity index (χ0) is 12.3. The smallest absolute Gasteiger partial charge is 0.120 e. The Balaban J connectivity index is 1.92. The molecule has 1 unspecified atom stereocenters. The molecule has 2 N–H and O–H groups in total. The monoisotopic (exact) mass is 234 g/mol. The molecular formula is C14H22N2O. The fourth-order valence-electron chi connectivity index (χ4n) is 2.49. The van der Waals surface area contributed by atoms with Crippen LogP contribution in [0.15, 0.2) is 18.2 Å². The van der Waals surface area contributed by atoms with Gasteiger partial charge in [0.25, 0.3) is 0 Å². The molecule has 1 heterocycles. The molecule has 1 fully saturated rings. The van der Waals surface area contributed by atoms with E-state index < -0.39 is 0 Å². The van der Waals surface area contributed by atoms with Gasteiger partial charge in [0.15, 0.2) is 0 Å². The number of likely N-dealkylation sites (N-methyl/N-ethyl adjacent to an activating group) is 1. The van der Waals surface area contributed by atoms with E-state index in [1.165, 1.54) is 18.4 Å². The van der Waals surface area contributed by atoms with E-state index in [1.807, 2.05) is 6.07 Å². The number of rotatable bonds is 4. The molecule has 17 heavy (non-hydrogen) atoms. The Bertz CT molecular complexity index is 372. The van der Waals surface area contributed by atoms with Crippen molar-refractivity contribution in [1.29, 1.82) is 0 Å². The van der Waals surface area contributed by atoms with E-state index in [0.29, 0.717) is 11.8 Å². The van der Waals surface area contributed by atoms with Crippen molar-refractivity contribution in [3.8, 4) is 5.75 Å². The fourth-order valence-corrected chi connectivity index (χ4v) is 2.49. The summed E-state index contributed by atoms with van der Waals surface area (Å²) in [6.07, 6.45) is 2.55. The minimum absolute atomic E-state index is 0.404. The Morgan fingerprint density at radius 2 is 2.29 bits per heavy atom. The normalized spacial score (nSPS) is 20.1. The molecule has 0 radical (unpaired) electrons. The SMILES string of the molecule is Cc1ccc(O)c(CN(C)CC2CCCN2)c1. The van der Waals surface area contributed by atoms with Gasteiger partial charge in [-0.05, 0) is 39.4 Å². The highest BCUT2D eigenvalue weighted by Crippen LogP contribution is 2.20. The second kappa shape index (κ2) is 5.52. The van der Waals surface area contributed by atoms with E-state index in [1.54, 1.807) is 6.07 Å². The highest BCUT2D eigenvalue weighted by atomic mass is 16.3. The second-order valence-corrected chi connectivity index (χ2v) is 5.12. The maximum atomic E-state index is 9.80.